The normalized spacial score (nSPS) is 15.5. The van der Waals surface area contributed by atoms with E-state index >= 15 is 0 Å². The van der Waals surface area contributed by atoms with Crippen molar-refractivity contribution in [1.29, 1.82) is 0 Å². The minimum atomic E-state index is -4.71. The maximum absolute atomic E-state index is 13.1. The first-order valence-corrected chi connectivity index (χ1v) is 6.07. The molecule has 0 saturated carbocycles. The number of hydrogen-bond acceptors (Lipinski definition) is 3. The van der Waals surface area contributed by atoms with Gasteiger partial charge in [0, 0.05) is 23.7 Å². The summed E-state index contributed by atoms with van der Waals surface area (Å²) in [4.78, 5) is 15.9. The quantitative estimate of drug-likeness (QED) is 0.478. The van der Waals surface area contributed by atoms with Crippen LogP contribution in [0.15, 0.2) is 23.3 Å². The number of rotatable bonds is 2. The Hall–Kier alpha value is -2.25. The largest absolute Gasteiger partial charge is 0.417 e. The van der Waals surface area contributed by atoms with Crippen LogP contribution in [-0.4, -0.2) is 37.1 Å². The van der Waals surface area contributed by atoms with Crippen molar-refractivity contribution in [2.75, 3.05) is 26.3 Å². The van der Waals surface area contributed by atoms with Gasteiger partial charge >= 0.3 is 6.18 Å². The summed E-state index contributed by atoms with van der Waals surface area (Å²) in [6, 6.07) is 2.89. The number of alkyl halides is 3. The summed E-state index contributed by atoms with van der Waals surface area (Å²) in [5.41, 5.74) is 6.53. The van der Waals surface area contributed by atoms with E-state index in [9.17, 15) is 18.0 Å². The number of azide groups is 1. The minimum Gasteiger partial charge on any atom is -0.378 e. The van der Waals surface area contributed by atoms with Crippen molar-refractivity contribution in [3.63, 3.8) is 0 Å². The summed E-state index contributed by atoms with van der Waals surface area (Å²) < 4.78 is 44.3. The molecule has 2 rings (SSSR count). The highest BCUT2D eigenvalue weighted by atomic mass is 19.4. The third-order valence-corrected chi connectivity index (χ3v) is 3.00. The third-order valence-electron chi connectivity index (χ3n) is 3.00. The van der Waals surface area contributed by atoms with Gasteiger partial charge in [-0.25, -0.2) is 0 Å². The minimum absolute atomic E-state index is 0.191. The van der Waals surface area contributed by atoms with E-state index in [0.717, 1.165) is 6.07 Å². The molecule has 1 fully saturated rings. The Bertz CT molecular complexity index is 591. The number of benzene rings is 1. The summed E-state index contributed by atoms with van der Waals surface area (Å²) >= 11 is 0. The fraction of sp³-hybridized carbons (Fsp3) is 0.417. The summed E-state index contributed by atoms with van der Waals surface area (Å²) in [6.45, 7) is 1.08. The Morgan fingerprint density at radius 3 is 2.57 bits per heavy atom. The maximum Gasteiger partial charge on any atom is 0.417 e. The van der Waals surface area contributed by atoms with Gasteiger partial charge in [-0.1, -0.05) is 11.2 Å². The molecule has 9 heteroatoms. The number of morpholine rings is 1. The van der Waals surface area contributed by atoms with Gasteiger partial charge in [0.2, 0.25) is 0 Å². The number of amides is 1. The lowest BCUT2D eigenvalue weighted by Crippen LogP contribution is -2.41. The lowest BCUT2D eigenvalue weighted by molar-refractivity contribution is -0.138. The second-order valence-electron chi connectivity index (χ2n) is 4.32. The molecule has 0 unspecified atom stereocenters. The van der Waals surface area contributed by atoms with Crippen LogP contribution in [0.25, 0.3) is 10.4 Å². The van der Waals surface area contributed by atoms with Crippen LogP contribution in [0.5, 0.6) is 0 Å². The maximum atomic E-state index is 13.1. The summed E-state index contributed by atoms with van der Waals surface area (Å²) in [5, 5.41) is 3.13. The molecule has 0 aliphatic carbocycles. The Kier molecular flexibility index (Phi) is 4.35. The van der Waals surface area contributed by atoms with Gasteiger partial charge in [-0.05, 0) is 17.7 Å². The summed E-state index contributed by atoms with van der Waals surface area (Å²) in [7, 11) is 0. The monoisotopic (exact) mass is 300 g/mol. The van der Waals surface area contributed by atoms with Gasteiger partial charge in [0.1, 0.15) is 0 Å². The molecule has 0 bridgehead atoms. The lowest BCUT2D eigenvalue weighted by atomic mass is 10.0. The molecule has 1 amide bonds. The Balaban J connectivity index is 2.41. The van der Waals surface area contributed by atoms with Crippen molar-refractivity contribution < 1.29 is 22.7 Å². The van der Waals surface area contributed by atoms with Gasteiger partial charge in [0.25, 0.3) is 5.91 Å². The zero-order valence-electron chi connectivity index (χ0n) is 10.8. The first-order valence-electron chi connectivity index (χ1n) is 6.07. The van der Waals surface area contributed by atoms with Gasteiger partial charge in [0.05, 0.1) is 24.3 Å². The standard InChI is InChI=1S/C12H11F3N4O2/c13-12(14,15)10-7-8(17-18-16)1-2-9(10)11(20)19-3-5-21-6-4-19/h1-2,7H,3-6H2. The van der Waals surface area contributed by atoms with Gasteiger partial charge < -0.3 is 9.64 Å². The smallest absolute Gasteiger partial charge is 0.378 e. The number of nitrogens with zero attached hydrogens (tertiary/aromatic N) is 4. The number of ether oxygens (including phenoxy) is 1. The summed E-state index contributed by atoms with van der Waals surface area (Å²) in [6.07, 6.45) is -4.71. The van der Waals surface area contributed by atoms with Crippen LogP contribution in [0.2, 0.25) is 0 Å². The number of halogens is 3. The molecular weight excluding hydrogens is 289 g/mol. The second-order valence-corrected chi connectivity index (χ2v) is 4.32. The van der Waals surface area contributed by atoms with Crippen LogP contribution in [0.3, 0.4) is 0 Å². The zero-order chi connectivity index (χ0) is 15.5. The molecule has 1 saturated heterocycles. The van der Waals surface area contributed by atoms with Gasteiger partial charge in [-0.2, -0.15) is 13.2 Å². The van der Waals surface area contributed by atoms with E-state index in [4.69, 9.17) is 10.3 Å². The fourth-order valence-electron chi connectivity index (χ4n) is 2.00. The van der Waals surface area contributed by atoms with Gasteiger partial charge in [-0.15, -0.1) is 0 Å². The van der Waals surface area contributed by atoms with Crippen molar-refractivity contribution >= 4 is 11.6 Å². The second kappa shape index (κ2) is 6.02. The number of carbonyl (C=O) groups excluding carboxylic acids is 1. The molecule has 112 valence electrons. The zero-order valence-corrected chi connectivity index (χ0v) is 10.8. The number of carbonyl (C=O) groups is 1. The van der Waals surface area contributed by atoms with Crippen molar-refractivity contribution in [2.45, 2.75) is 6.18 Å². The first kappa shape index (κ1) is 15.1. The summed E-state index contributed by atoms with van der Waals surface area (Å²) in [5.74, 6) is -0.710. The molecule has 1 heterocycles. The highest BCUT2D eigenvalue weighted by Crippen LogP contribution is 2.35. The topological polar surface area (TPSA) is 78.3 Å². The molecule has 1 aliphatic heterocycles. The molecule has 0 spiro atoms. The molecule has 0 radical (unpaired) electrons. The van der Waals surface area contributed by atoms with E-state index in [1.807, 2.05) is 0 Å². The van der Waals surface area contributed by atoms with Crippen molar-refractivity contribution in [3.8, 4) is 0 Å². The molecule has 6 nitrogen and oxygen atoms in total. The third kappa shape index (κ3) is 3.45. The SMILES string of the molecule is [N-]=[N+]=Nc1ccc(C(=O)N2CCOCC2)c(C(F)(F)F)c1. The fourth-order valence-corrected chi connectivity index (χ4v) is 2.00. The Morgan fingerprint density at radius 2 is 2.00 bits per heavy atom. The van der Waals surface area contributed by atoms with Crippen molar-refractivity contribution in [2.24, 2.45) is 5.11 Å². The predicted molar refractivity (Wildman–Crippen MR) is 67.0 cm³/mol. The van der Waals surface area contributed by atoms with Crippen molar-refractivity contribution in [1.82, 2.24) is 4.90 Å². The van der Waals surface area contributed by atoms with E-state index in [2.05, 4.69) is 10.0 Å². The van der Waals surface area contributed by atoms with Crippen LogP contribution in [-0.2, 0) is 10.9 Å². The molecule has 1 aromatic rings. The predicted octanol–water partition coefficient (Wildman–Crippen LogP) is 3.12. The van der Waals surface area contributed by atoms with Crippen LogP contribution in [0.4, 0.5) is 18.9 Å². The Labute approximate surface area is 117 Å². The first-order chi connectivity index (χ1) is 9.93. The van der Waals surface area contributed by atoms with Crippen LogP contribution < -0.4 is 0 Å². The molecular formula is C12H11F3N4O2. The molecule has 0 atom stereocenters. The highest BCUT2D eigenvalue weighted by molar-refractivity contribution is 5.96. The molecule has 0 aromatic heterocycles. The molecule has 0 N–H and O–H groups in total. The van der Waals surface area contributed by atoms with E-state index in [0.29, 0.717) is 19.3 Å². The van der Waals surface area contributed by atoms with Crippen LogP contribution in [0.1, 0.15) is 15.9 Å². The molecule has 21 heavy (non-hydrogen) atoms. The van der Waals surface area contributed by atoms with Gasteiger partial charge in [0.15, 0.2) is 0 Å². The molecule has 1 aliphatic rings. The van der Waals surface area contributed by atoms with Crippen molar-refractivity contribution in [3.05, 3.63) is 39.8 Å². The molecule has 1 aromatic carbocycles. The van der Waals surface area contributed by atoms with E-state index < -0.39 is 23.2 Å². The van der Waals surface area contributed by atoms with E-state index in [-0.39, 0.29) is 18.8 Å². The lowest BCUT2D eigenvalue weighted by Gasteiger charge is -2.28. The van der Waals surface area contributed by atoms with Crippen LogP contribution in [0, 0.1) is 0 Å². The van der Waals surface area contributed by atoms with E-state index in [1.54, 1.807) is 0 Å². The Morgan fingerprint density at radius 1 is 1.33 bits per heavy atom. The van der Waals surface area contributed by atoms with E-state index in [1.165, 1.54) is 11.0 Å². The average Bonchev–Trinajstić information content (AvgIpc) is 2.47. The average molecular weight is 300 g/mol. The van der Waals surface area contributed by atoms with Gasteiger partial charge in [-0.3, -0.25) is 4.79 Å². The van der Waals surface area contributed by atoms with Crippen LogP contribution >= 0.6 is 0 Å². The highest BCUT2D eigenvalue weighted by Gasteiger charge is 2.36. The number of hydrogen-bond donors (Lipinski definition) is 0.